The molecule has 29 heavy (non-hydrogen) atoms. The average Bonchev–Trinajstić information content (AvgIpc) is 2.72. The highest BCUT2D eigenvalue weighted by molar-refractivity contribution is 7.90. The van der Waals surface area contributed by atoms with Crippen LogP contribution in [0.3, 0.4) is 0 Å². The van der Waals surface area contributed by atoms with E-state index < -0.39 is 9.84 Å². The minimum atomic E-state index is -3.34. The SMILES string of the molecule is CS(=O)(=O)c1ccc2ncnc(N3CCC(C(=O)c4ccc(F)cc4)CC3)c2c1. The number of ketones is 1. The Kier molecular flexibility index (Phi) is 5.04. The molecular weight excluding hydrogens is 393 g/mol. The quantitative estimate of drug-likeness (QED) is 0.611. The predicted molar refractivity (Wildman–Crippen MR) is 108 cm³/mol. The smallest absolute Gasteiger partial charge is 0.175 e. The van der Waals surface area contributed by atoms with E-state index in [1.165, 1.54) is 36.8 Å². The molecule has 1 fully saturated rings. The lowest BCUT2D eigenvalue weighted by Gasteiger charge is -2.32. The van der Waals surface area contributed by atoms with Crippen molar-refractivity contribution in [3.63, 3.8) is 0 Å². The van der Waals surface area contributed by atoms with Gasteiger partial charge >= 0.3 is 0 Å². The number of benzene rings is 2. The van der Waals surface area contributed by atoms with Crippen LogP contribution in [0.5, 0.6) is 0 Å². The molecule has 8 heteroatoms. The fourth-order valence-electron chi connectivity index (χ4n) is 3.71. The number of anilines is 1. The van der Waals surface area contributed by atoms with Gasteiger partial charge in [0.1, 0.15) is 18.0 Å². The highest BCUT2D eigenvalue weighted by Gasteiger charge is 2.27. The molecule has 150 valence electrons. The number of hydrogen-bond donors (Lipinski definition) is 0. The largest absolute Gasteiger partial charge is 0.356 e. The van der Waals surface area contributed by atoms with Crippen LogP contribution >= 0.6 is 0 Å². The van der Waals surface area contributed by atoms with Crippen molar-refractivity contribution >= 4 is 32.3 Å². The van der Waals surface area contributed by atoms with Gasteiger partial charge in [-0.15, -0.1) is 0 Å². The zero-order valence-electron chi connectivity index (χ0n) is 15.9. The molecule has 0 radical (unpaired) electrons. The minimum Gasteiger partial charge on any atom is -0.356 e. The number of Topliss-reactive ketones (excluding diaryl/α,β-unsaturated/α-hetero) is 1. The molecule has 1 aliphatic rings. The van der Waals surface area contributed by atoms with Gasteiger partial charge in [0.15, 0.2) is 15.6 Å². The van der Waals surface area contributed by atoms with Gasteiger partial charge in [0.25, 0.3) is 0 Å². The number of carbonyl (C=O) groups is 1. The van der Waals surface area contributed by atoms with Crippen molar-refractivity contribution in [2.45, 2.75) is 17.7 Å². The van der Waals surface area contributed by atoms with Crippen LogP contribution in [-0.2, 0) is 9.84 Å². The Morgan fingerprint density at radius 2 is 1.76 bits per heavy atom. The van der Waals surface area contributed by atoms with E-state index in [0.29, 0.717) is 48.2 Å². The molecule has 6 nitrogen and oxygen atoms in total. The number of hydrogen-bond acceptors (Lipinski definition) is 6. The van der Waals surface area contributed by atoms with Gasteiger partial charge in [-0.1, -0.05) is 0 Å². The Morgan fingerprint density at radius 3 is 2.41 bits per heavy atom. The first-order valence-electron chi connectivity index (χ1n) is 9.32. The van der Waals surface area contributed by atoms with Gasteiger partial charge < -0.3 is 4.90 Å². The minimum absolute atomic E-state index is 0.0246. The molecule has 4 rings (SSSR count). The Balaban J connectivity index is 1.56. The monoisotopic (exact) mass is 413 g/mol. The topological polar surface area (TPSA) is 80.2 Å². The number of rotatable bonds is 4. The third-order valence-corrected chi connectivity index (χ3v) is 6.42. The standard InChI is InChI=1S/C21H20FN3O3S/c1-29(27,28)17-6-7-19-18(12-17)21(24-13-23-19)25-10-8-15(9-11-25)20(26)14-2-4-16(22)5-3-14/h2-7,12-13,15H,8-11H2,1H3. The van der Waals surface area contributed by atoms with Crippen LogP contribution in [0.15, 0.2) is 53.7 Å². The second-order valence-electron chi connectivity index (χ2n) is 7.28. The maximum atomic E-state index is 13.1. The van der Waals surface area contributed by atoms with Crippen LogP contribution in [-0.4, -0.2) is 43.5 Å². The Labute approximate surface area is 168 Å². The fraction of sp³-hybridized carbons (Fsp3) is 0.286. The number of halogens is 1. The summed E-state index contributed by atoms with van der Waals surface area (Å²) >= 11 is 0. The fourth-order valence-corrected chi connectivity index (χ4v) is 4.36. The summed E-state index contributed by atoms with van der Waals surface area (Å²) in [5.74, 6) is 0.210. The van der Waals surface area contributed by atoms with E-state index >= 15 is 0 Å². The third-order valence-electron chi connectivity index (χ3n) is 5.31. The first-order chi connectivity index (χ1) is 13.8. The summed E-state index contributed by atoms with van der Waals surface area (Å²) < 4.78 is 36.9. The Hall–Kier alpha value is -2.87. The average molecular weight is 413 g/mol. The van der Waals surface area contributed by atoms with E-state index in [2.05, 4.69) is 14.9 Å². The van der Waals surface area contributed by atoms with E-state index in [4.69, 9.17) is 0 Å². The van der Waals surface area contributed by atoms with E-state index in [0.717, 1.165) is 0 Å². The second-order valence-corrected chi connectivity index (χ2v) is 9.30. The van der Waals surface area contributed by atoms with Crippen LogP contribution < -0.4 is 4.90 Å². The van der Waals surface area contributed by atoms with Gasteiger partial charge in [-0.2, -0.15) is 0 Å². The molecule has 0 unspecified atom stereocenters. The Morgan fingerprint density at radius 1 is 1.07 bits per heavy atom. The summed E-state index contributed by atoms with van der Waals surface area (Å²) in [6.07, 6.45) is 3.93. The van der Waals surface area contributed by atoms with Crippen molar-refractivity contribution in [3.05, 3.63) is 60.2 Å². The van der Waals surface area contributed by atoms with Gasteiger partial charge in [0.2, 0.25) is 0 Å². The summed E-state index contributed by atoms with van der Waals surface area (Å²) in [7, 11) is -3.34. The zero-order chi connectivity index (χ0) is 20.6. The van der Waals surface area contributed by atoms with Crippen molar-refractivity contribution in [1.29, 1.82) is 0 Å². The second kappa shape index (κ2) is 7.51. The normalized spacial score (nSPS) is 15.6. The summed E-state index contributed by atoms with van der Waals surface area (Å²) in [6, 6.07) is 10.5. The van der Waals surface area contributed by atoms with Crippen molar-refractivity contribution in [2.75, 3.05) is 24.2 Å². The Bertz CT molecular complexity index is 1170. The van der Waals surface area contributed by atoms with E-state index in [1.807, 2.05) is 0 Å². The van der Waals surface area contributed by atoms with Crippen molar-refractivity contribution in [3.8, 4) is 0 Å². The van der Waals surface area contributed by atoms with Gasteiger partial charge in [-0.25, -0.2) is 22.8 Å². The molecular formula is C21H20FN3O3S. The molecule has 0 spiro atoms. The summed E-state index contributed by atoms with van der Waals surface area (Å²) in [6.45, 7) is 1.24. The lowest BCUT2D eigenvalue weighted by atomic mass is 9.89. The van der Waals surface area contributed by atoms with Gasteiger partial charge in [0.05, 0.1) is 10.4 Å². The molecule has 0 saturated carbocycles. The van der Waals surface area contributed by atoms with E-state index in [-0.39, 0.29) is 22.4 Å². The lowest BCUT2D eigenvalue weighted by molar-refractivity contribution is 0.0900. The van der Waals surface area contributed by atoms with E-state index in [9.17, 15) is 17.6 Å². The maximum absolute atomic E-state index is 13.1. The number of nitrogens with zero attached hydrogens (tertiary/aromatic N) is 3. The number of aromatic nitrogens is 2. The van der Waals surface area contributed by atoms with E-state index in [1.54, 1.807) is 18.2 Å². The van der Waals surface area contributed by atoms with Gasteiger partial charge in [-0.05, 0) is 55.3 Å². The molecule has 0 atom stereocenters. The first-order valence-corrected chi connectivity index (χ1v) is 11.2. The molecule has 2 aromatic carbocycles. The molecule has 0 bridgehead atoms. The van der Waals surface area contributed by atoms with Crippen LogP contribution in [0.1, 0.15) is 23.2 Å². The number of fused-ring (bicyclic) bond motifs is 1. The molecule has 0 N–H and O–H groups in total. The van der Waals surface area contributed by atoms with Gasteiger partial charge in [-0.3, -0.25) is 4.79 Å². The lowest BCUT2D eigenvalue weighted by Crippen LogP contribution is -2.37. The molecule has 2 heterocycles. The van der Waals surface area contributed by atoms with Crippen LogP contribution in [0.2, 0.25) is 0 Å². The van der Waals surface area contributed by atoms with Crippen molar-refractivity contribution < 1.29 is 17.6 Å². The predicted octanol–water partition coefficient (Wildman–Crippen LogP) is 3.27. The molecule has 3 aromatic rings. The third kappa shape index (κ3) is 3.98. The summed E-state index contributed by atoms with van der Waals surface area (Å²) in [4.78, 5) is 23.6. The maximum Gasteiger partial charge on any atom is 0.175 e. The zero-order valence-corrected chi connectivity index (χ0v) is 16.7. The summed E-state index contributed by atoms with van der Waals surface area (Å²) in [5.41, 5.74) is 1.20. The number of sulfone groups is 1. The summed E-state index contributed by atoms with van der Waals surface area (Å²) in [5, 5.41) is 0.679. The van der Waals surface area contributed by atoms with Crippen LogP contribution in [0.25, 0.3) is 10.9 Å². The van der Waals surface area contributed by atoms with Crippen molar-refractivity contribution in [1.82, 2.24) is 9.97 Å². The van der Waals surface area contributed by atoms with Crippen molar-refractivity contribution in [2.24, 2.45) is 5.92 Å². The molecule has 0 aliphatic carbocycles. The molecule has 0 amide bonds. The number of carbonyl (C=O) groups excluding carboxylic acids is 1. The molecule has 1 saturated heterocycles. The highest BCUT2D eigenvalue weighted by atomic mass is 32.2. The highest BCUT2D eigenvalue weighted by Crippen LogP contribution is 2.30. The van der Waals surface area contributed by atoms with Gasteiger partial charge in [0, 0.05) is 36.2 Å². The number of piperidine rings is 1. The molecule has 1 aromatic heterocycles. The first kappa shape index (κ1) is 19.4. The van der Waals surface area contributed by atoms with Crippen LogP contribution in [0, 0.1) is 11.7 Å². The van der Waals surface area contributed by atoms with Crippen LogP contribution in [0.4, 0.5) is 10.2 Å². The molecule has 1 aliphatic heterocycles.